The van der Waals surface area contributed by atoms with E-state index < -0.39 is 12.0 Å². The molecule has 0 unspecified atom stereocenters. The first-order valence-electron chi connectivity index (χ1n) is 8.46. The van der Waals surface area contributed by atoms with E-state index in [-0.39, 0.29) is 18.3 Å². The monoisotopic (exact) mass is 354 g/mol. The minimum atomic E-state index is -0.632. The van der Waals surface area contributed by atoms with Gasteiger partial charge in [0.25, 0.3) is 0 Å². The summed E-state index contributed by atoms with van der Waals surface area (Å²) in [5.41, 5.74) is 1.61. The average molecular weight is 354 g/mol. The second-order valence-corrected chi connectivity index (χ2v) is 6.20. The third-order valence-electron chi connectivity index (χ3n) is 4.43. The molecule has 2 atom stereocenters. The van der Waals surface area contributed by atoms with Gasteiger partial charge in [-0.3, -0.25) is 14.6 Å². The van der Waals surface area contributed by atoms with Crippen LogP contribution in [0, 0.1) is 5.92 Å². The van der Waals surface area contributed by atoms with Crippen molar-refractivity contribution >= 4 is 11.9 Å². The SMILES string of the molecule is O=C1C[C@H](C(=O)NCc2cccnc2)[C@H](c2ccc3c(c2)OCCO3)O1. The number of hydrogen-bond acceptors (Lipinski definition) is 6. The number of aromatic nitrogens is 1. The second kappa shape index (κ2) is 7.03. The fourth-order valence-electron chi connectivity index (χ4n) is 3.15. The maximum absolute atomic E-state index is 12.6. The third kappa shape index (κ3) is 3.33. The number of carbonyl (C=O) groups excluding carboxylic acids is 2. The molecule has 7 nitrogen and oxygen atoms in total. The molecule has 2 aromatic rings. The molecule has 7 heteroatoms. The van der Waals surface area contributed by atoms with Crippen LogP contribution in [0.2, 0.25) is 0 Å². The Bertz CT molecular complexity index is 824. The van der Waals surface area contributed by atoms with Crippen LogP contribution in [-0.4, -0.2) is 30.1 Å². The Morgan fingerprint density at radius 3 is 2.85 bits per heavy atom. The molecule has 0 spiro atoms. The van der Waals surface area contributed by atoms with E-state index in [1.165, 1.54) is 0 Å². The van der Waals surface area contributed by atoms with E-state index in [9.17, 15) is 9.59 Å². The summed E-state index contributed by atoms with van der Waals surface area (Å²) in [7, 11) is 0. The van der Waals surface area contributed by atoms with Gasteiger partial charge in [-0.1, -0.05) is 12.1 Å². The number of amides is 1. The lowest BCUT2D eigenvalue weighted by Gasteiger charge is -2.22. The molecule has 4 rings (SSSR count). The van der Waals surface area contributed by atoms with E-state index >= 15 is 0 Å². The molecule has 1 saturated heterocycles. The van der Waals surface area contributed by atoms with Crippen molar-refractivity contribution in [2.45, 2.75) is 19.1 Å². The summed E-state index contributed by atoms with van der Waals surface area (Å²) in [4.78, 5) is 28.5. The summed E-state index contributed by atoms with van der Waals surface area (Å²) in [6.07, 6.45) is 2.78. The number of cyclic esters (lactones) is 1. The van der Waals surface area contributed by atoms with E-state index in [2.05, 4.69) is 10.3 Å². The minimum Gasteiger partial charge on any atom is -0.486 e. The van der Waals surface area contributed by atoms with Crippen molar-refractivity contribution in [2.24, 2.45) is 5.92 Å². The third-order valence-corrected chi connectivity index (χ3v) is 4.43. The number of pyridine rings is 1. The molecule has 1 aromatic heterocycles. The van der Waals surface area contributed by atoms with Crippen LogP contribution in [0.25, 0.3) is 0 Å². The second-order valence-electron chi connectivity index (χ2n) is 6.20. The lowest BCUT2D eigenvalue weighted by Crippen LogP contribution is -2.32. The van der Waals surface area contributed by atoms with Crippen LogP contribution < -0.4 is 14.8 Å². The minimum absolute atomic E-state index is 0.0536. The molecule has 1 amide bonds. The normalized spacial score (nSPS) is 21.2. The lowest BCUT2D eigenvalue weighted by atomic mass is 9.94. The number of rotatable bonds is 4. The number of ether oxygens (including phenoxy) is 3. The number of nitrogens with zero attached hydrogens (tertiary/aromatic N) is 1. The summed E-state index contributed by atoms with van der Waals surface area (Å²) in [6.45, 7) is 1.32. The van der Waals surface area contributed by atoms with E-state index in [0.717, 1.165) is 11.1 Å². The van der Waals surface area contributed by atoms with Crippen molar-refractivity contribution in [2.75, 3.05) is 13.2 Å². The summed E-state index contributed by atoms with van der Waals surface area (Å²) in [5, 5.41) is 2.86. The van der Waals surface area contributed by atoms with Gasteiger partial charge in [0.2, 0.25) is 5.91 Å². The Labute approximate surface area is 150 Å². The van der Waals surface area contributed by atoms with Crippen molar-refractivity contribution in [3.8, 4) is 11.5 Å². The molecule has 0 radical (unpaired) electrons. The molecule has 1 aromatic carbocycles. The van der Waals surface area contributed by atoms with Crippen molar-refractivity contribution < 1.29 is 23.8 Å². The first kappa shape index (κ1) is 16.4. The zero-order valence-electron chi connectivity index (χ0n) is 14.0. The van der Waals surface area contributed by atoms with Gasteiger partial charge in [-0.05, 0) is 29.3 Å². The Morgan fingerprint density at radius 1 is 1.19 bits per heavy atom. The molecule has 0 saturated carbocycles. The molecule has 0 bridgehead atoms. The van der Waals surface area contributed by atoms with Crippen LogP contribution in [0.1, 0.15) is 23.7 Å². The summed E-state index contributed by atoms with van der Waals surface area (Å²) in [6, 6.07) is 9.04. The van der Waals surface area contributed by atoms with Gasteiger partial charge in [0.05, 0.1) is 12.3 Å². The first-order chi connectivity index (χ1) is 12.7. The van der Waals surface area contributed by atoms with Gasteiger partial charge >= 0.3 is 5.97 Å². The molecule has 134 valence electrons. The van der Waals surface area contributed by atoms with Crippen molar-refractivity contribution in [1.29, 1.82) is 0 Å². The Kier molecular flexibility index (Phi) is 4.43. The zero-order chi connectivity index (χ0) is 17.9. The van der Waals surface area contributed by atoms with Crippen LogP contribution in [-0.2, 0) is 20.9 Å². The summed E-state index contributed by atoms with van der Waals surface area (Å²) < 4.78 is 16.5. The first-order valence-corrected chi connectivity index (χ1v) is 8.46. The van der Waals surface area contributed by atoms with Crippen LogP contribution >= 0.6 is 0 Å². The maximum atomic E-state index is 12.6. The van der Waals surface area contributed by atoms with E-state index in [0.29, 0.717) is 31.3 Å². The molecule has 26 heavy (non-hydrogen) atoms. The molecular weight excluding hydrogens is 336 g/mol. The van der Waals surface area contributed by atoms with Crippen LogP contribution in [0.3, 0.4) is 0 Å². The highest BCUT2D eigenvalue weighted by Gasteiger charge is 2.41. The number of esters is 1. The summed E-state index contributed by atoms with van der Waals surface area (Å²) >= 11 is 0. The fraction of sp³-hybridized carbons (Fsp3) is 0.316. The molecule has 1 N–H and O–H groups in total. The van der Waals surface area contributed by atoms with Gasteiger partial charge in [-0.15, -0.1) is 0 Å². The van der Waals surface area contributed by atoms with Crippen LogP contribution in [0.15, 0.2) is 42.7 Å². The fourth-order valence-corrected chi connectivity index (χ4v) is 3.15. The average Bonchev–Trinajstić information content (AvgIpc) is 3.08. The van der Waals surface area contributed by atoms with Crippen LogP contribution in [0.5, 0.6) is 11.5 Å². The quantitative estimate of drug-likeness (QED) is 0.842. The maximum Gasteiger partial charge on any atom is 0.307 e. The number of fused-ring (bicyclic) bond motifs is 1. The molecule has 2 aliphatic rings. The van der Waals surface area contributed by atoms with E-state index in [4.69, 9.17) is 14.2 Å². The molecule has 1 fully saturated rings. The topological polar surface area (TPSA) is 86.8 Å². The smallest absolute Gasteiger partial charge is 0.307 e. The zero-order valence-corrected chi connectivity index (χ0v) is 14.0. The predicted octanol–water partition coefficient (Wildman–Crippen LogP) is 1.77. The standard InChI is InChI=1S/C19H18N2O5/c22-17-9-14(19(23)21-11-12-2-1-5-20-10-12)18(26-17)13-3-4-15-16(8-13)25-7-6-24-15/h1-5,8,10,14,18H,6-7,9,11H2,(H,21,23)/t14-,18-/m0/s1. The summed E-state index contributed by atoms with van der Waals surface area (Å²) in [5.74, 6) is 0.0702. The van der Waals surface area contributed by atoms with Crippen molar-refractivity contribution in [1.82, 2.24) is 10.3 Å². The van der Waals surface area contributed by atoms with Crippen molar-refractivity contribution in [3.63, 3.8) is 0 Å². The van der Waals surface area contributed by atoms with E-state index in [1.807, 2.05) is 12.1 Å². The van der Waals surface area contributed by atoms with Gasteiger partial charge in [0.1, 0.15) is 19.3 Å². The van der Waals surface area contributed by atoms with Gasteiger partial charge < -0.3 is 19.5 Å². The highest BCUT2D eigenvalue weighted by molar-refractivity contribution is 5.87. The van der Waals surface area contributed by atoms with Gasteiger partial charge in [0.15, 0.2) is 11.5 Å². The number of nitrogens with one attached hydrogen (secondary N) is 1. The Hall–Kier alpha value is -3.09. The van der Waals surface area contributed by atoms with Gasteiger partial charge in [0, 0.05) is 18.9 Å². The van der Waals surface area contributed by atoms with Crippen LogP contribution in [0.4, 0.5) is 0 Å². The number of hydrogen-bond donors (Lipinski definition) is 1. The lowest BCUT2D eigenvalue weighted by molar-refractivity contribution is -0.141. The molecule has 0 aliphatic carbocycles. The molecular formula is C19H18N2O5. The Morgan fingerprint density at radius 2 is 2.04 bits per heavy atom. The molecule has 3 heterocycles. The number of carbonyl (C=O) groups is 2. The Balaban J connectivity index is 1.50. The van der Waals surface area contributed by atoms with Crippen molar-refractivity contribution in [3.05, 3.63) is 53.9 Å². The van der Waals surface area contributed by atoms with E-state index in [1.54, 1.807) is 30.6 Å². The largest absolute Gasteiger partial charge is 0.486 e. The van der Waals surface area contributed by atoms with Gasteiger partial charge in [-0.2, -0.15) is 0 Å². The highest BCUT2D eigenvalue weighted by atomic mass is 16.6. The predicted molar refractivity (Wildman–Crippen MR) is 90.5 cm³/mol. The highest BCUT2D eigenvalue weighted by Crippen LogP contribution is 2.40. The number of benzene rings is 1. The molecule has 2 aliphatic heterocycles. The van der Waals surface area contributed by atoms with Gasteiger partial charge in [-0.25, -0.2) is 0 Å².